The summed E-state index contributed by atoms with van der Waals surface area (Å²) in [6.45, 7) is 10.6. The lowest BCUT2D eigenvalue weighted by Crippen LogP contribution is -2.48. The Balaban J connectivity index is 0.000000111. The van der Waals surface area contributed by atoms with Crippen molar-refractivity contribution < 1.29 is 32.3 Å². The Morgan fingerprint density at radius 1 is 0.330 bits per heavy atom. The quantitative estimate of drug-likeness (QED) is 0.0708. The molecule has 0 spiro atoms. The van der Waals surface area contributed by atoms with Crippen LogP contribution in [0.15, 0.2) is 172 Å². The fourth-order valence-corrected chi connectivity index (χ4v) is 17.5. The van der Waals surface area contributed by atoms with Gasteiger partial charge >= 0.3 is 0 Å². The molecule has 4 aliphatic heterocycles. The maximum Gasteiger partial charge on any atom is 0.258 e. The van der Waals surface area contributed by atoms with Gasteiger partial charge in [0.1, 0.15) is 23.0 Å². The van der Waals surface area contributed by atoms with Crippen LogP contribution in [0, 0.1) is 68.8 Å². The Morgan fingerprint density at radius 2 is 0.670 bits per heavy atom. The van der Waals surface area contributed by atoms with Crippen molar-refractivity contribution in [3.05, 3.63) is 234 Å². The van der Waals surface area contributed by atoms with Gasteiger partial charge in [0.2, 0.25) is 23.8 Å². The van der Waals surface area contributed by atoms with Crippen LogP contribution < -0.4 is 21.3 Å². The number of fused-ring (bicyclic) bond motifs is 8. The molecular formula is C79H80F3N29O4. The Bertz CT molecular complexity index is 5360. The van der Waals surface area contributed by atoms with Gasteiger partial charge in [0, 0.05) is 112 Å². The number of pyridine rings is 1. The number of aryl methyl sites for hydroxylation is 4. The minimum absolute atomic E-state index is 0.0131. The lowest BCUT2D eigenvalue weighted by Gasteiger charge is -2.34. The Hall–Kier alpha value is -13.4. The number of benzene rings is 3. The van der Waals surface area contributed by atoms with E-state index < -0.39 is 17.5 Å². The van der Waals surface area contributed by atoms with Gasteiger partial charge in [-0.05, 0) is 180 Å². The number of rotatable bonds is 16. The van der Waals surface area contributed by atoms with E-state index in [-0.39, 0.29) is 88.8 Å². The number of hydrogen-bond donors (Lipinski definition) is 4. The van der Waals surface area contributed by atoms with Crippen LogP contribution in [0.1, 0.15) is 115 Å². The highest BCUT2D eigenvalue weighted by atomic mass is 19.1. The van der Waals surface area contributed by atoms with Gasteiger partial charge in [-0.3, -0.25) is 19.2 Å². The number of carbonyl (C=O) groups is 4. The second-order valence-corrected chi connectivity index (χ2v) is 30.4. The summed E-state index contributed by atoms with van der Waals surface area (Å²) in [6.07, 6.45) is 35.6. The molecule has 586 valence electrons. The van der Waals surface area contributed by atoms with E-state index in [0.29, 0.717) is 95.4 Å². The van der Waals surface area contributed by atoms with E-state index in [1.165, 1.54) is 94.0 Å². The highest BCUT2D eigenvalue weighted by Gasteiger charge is 2.52. The van der Waals surface area contributed by atoms with E-state index in [9.17, 15) is 32.3 Å². The molecule has 4 amide bonds. The lowest BCUT2D eigenvalue weighted by atomic mass is 10.0. The van der Waals surface area contributed by atoms with Crippen molar-refractivity contribution in [3.8, 4) is 22.9 Å². The van der Waals surface area contributed by atoms with Crippen LogP contribution in [0.3, 0.4) is 0 Å². The molecule has 8 fully saturated rings. The molecule has 36 heteroatoms. The minimum Gasteiger partial charge on any atom is -0.349 e. The third-order valence-electron chi connectivity index (χ3n) is 22.5. The molecule has 8 bridgehead atoms. The highest BCUT2D eigenvalue weighted by molar-refractivity contribution is 6.00. The van der Waals surface area contributed by atoms with Crippen LogP contribution in [0.4, 0.5) is 37.0 Å². The SMILES string of the molecule is Cc1cnc(NC2CC3CC2N(C(=O)c2cc(F)ccc2-n2nccn2)C3)nc1.Cc1cnc(NC2CC3CC2N(C(=O)c2ccc(F)cc2-n2nccn2)C3)nc1.Cc1cnc(NC2CC3CC2N(C(=O)c2cccc(F)c2-n2nccn2)C3)nc1.Cc1cnc(NC2CC3CC2N(C(=O)c2cccnc2-n2nccn2)C3)nc1. The molecule has 4 aliphatic carbocycles. The summed E-state index contributed by atoms with van der Waals surface area (Å²) >= 11 is 0. The van der Waals surface area contributed by atoms with Gasteiger partial charge in [-0.15, -0.1) is 9.59 Å². The van der Waals surface area contributed by atoms with E-state index in [1.807, 2.05) is 47.3 Å². The van der Waals surface area contributed by atoms with Crippen LogP contribution >= 0.6 is 0 Å². The number of amides is 4. The smallest absolute Gasteiger partial charge is 0.258 e. The summed E-state index contributed by atoms with van der Waals surface area (Å²) < 4.78 is 42.4. The summed E-state index contributed by atoms with van der Waals surface area (Å²) in [5.41, 5.74) is 6.32. The van der Waals surface area contributed by atoms with Crippen LogP contribution in [-0.4, -0.2) is 223 Å². The fraction of sp³-hybridized carbons (Fsp3) is 0.354. The predicted molar refractivity (Wildman–Crippen MR) is 410 cm³/mol. The van der Waals surface area contributed by atoms with Gasteiger partial charge in [-0.2, -0.15) is 50.4 Å². The first kappa shape index (κ1) is 74.3. The van der Waals surface area contributed by atoms with Crippen molar-refractivity contribution in [2.45, 2.75) is 127 Å². The molecule has 13 heterocycles. The molecule has 9 aromatic heterocycles. The number of carbonyl (C=O) groups excluding carboxylic acids is 4. The maximum absolute atomic E-state index is 14.5. The van der Waals surface area contributed by atoms with Gasteiger partial charge in [0.05, 0.1) is 102 Å². The molecule has 12 aromatic rings. The van der Waals surface area contributed by atoms with E-state index in [2.05, 4.69) is 107 Å². The zero-order valence-corrected chi connectivity index (χ0v) is 63.0. The van der Waals surface area contributed by atoms with E-state index >= 15 is 0 Å². The molecule has 33 nitrogen and oxygen atoms in total. The second-order valence-electron chi connectivity index (χ2n) is 30.4. The zero-order valence-electron chi connectivity index (χ0n) is 63.0. The first-order chi connectivity index (χ1) is 55.9. The molecule has 3 aromatic carbocycles. The second kappa shape index (κ2) is 32.0. The summed E-state index contributed by atoms with van der Waals surface area (Å²) in [5, 5.41) is 46.1. The fourth-order valence-electron chi connectivity index (χ4n) is 17.5. The molecule has 8 aliphatic rings. The Kier molecular flexibility index (Phi) is 20.7. The first-order valence-corrected chi connectivity index (χ1v) is 38.2. The van der Waals surface area contributed by atoms with Crippen molar-refractivity contribution in [3.63, 3.8) is 0 Å². The third kappa shape index (κ3) is 15.7. The molecule has 12 atom stereocenters. The standard InChI is InChI=1S/3C20H20FN7O.C19H20N8O/c1-12-9-22-20(23-10-12)26-16-6-13-7-18(16)27(11-13)19(29)15-8-14(21)2-3-17(15)28-24-4-5-25-28;1-12-9-22-20(23-10-12)26-16-6-13-7-18(16)27(11-13)19(29)15-3-2-14(21)8-17(15)28-24-4-5-25-28;1-12-9-22-20(23-10-12)26-16-7-13-8-17(16)27(11-13)19(29)14-3-2-4-15(21)18(14)28-24-5-6-25-28;1-12-9-21-19(22-10-12)25-15-7-13-8-16(15)26(11-13)18(28)14-3-2-4-20-17(14)27-23-5-6-24-27/h2*2-5,8-10,13,16,18H,6-7,11H2,1H3,(H,22,23,26);2-6,9-10,13,16-17H,7-8,11H2,1H3,(H,22,23,26);2-6,9-10,13,15-16H,7-8,11H2,1H3,(H,21,22,25). The number of nitrogens with zero attached hydrogens (tertiary/aromatic N) is 25. The highest BCUT2D eigenvalue weighted by Crippen LogP contribution is 2.44. The largest absolute Gasteiger partial charge is 0.349 e. The predicted octanol–water partition coefficient (Wildman–Crippen LogP) is 8.14. The van der Waals surface area contributed by atoms with Crippen LogP contribution in [-0.2, 0) is 0 Å². The molecular weight excluding hydrogens is 1480 g/mol. The zero-order chi connectivity index (χ0) is 79.0. The van der Waals surface area contributed by atoms with Gasteiger partial charge in [0.15, 0.2) is 11.6 Å². The number of para-hydroxylation sites is 1. The average Bonchev–Trinajstić information content (AvgIpc) is 1.64. The van der Waals surface area contributed by atoms with E-state index in [1.54, 1.807) is 92.4 Å². The molecule has 4 saturated carbocycles. The first-order valence-electron chi connectivity index (χ1n) is 38.2. The molecule has 20 rings (SSSR count). The molecule has 0 radical (unpaired) electrons. The number of nitrogens with one attached hydrogen (secondary N) is 4. The lowest BCUT2D eigenvalue weighted by molar-refractivity contribution is 0.0684. The monoisotopic (exact) mass is 1560 g/mol. The van der Waals surface area contributed by atoms with E-state index in [0.717, 1.165) is 85.0 Å². The number of likely N-dealkylation sites (tertiary alicyclic amines) is 4. The van der Waals surface area contributed by atoms with Gasteiger partial charge < -0.3 is 40.9 Å². The third-order valence-corrected chi connectivity index (χ3v) is 22.5. The molecule has 12 unspecified atom stereocenters. The minimum atomic E-state index is -0.529. The molecule has 4 N–H and O–H groups in total. The summed E-state index contributed by atoms with van der Waals surface area (Å²) in [4.78, 5) is 105. The van der Waals surface area contributed by atoms with Crippen molar-refractivity contribution in [2.24, 2.45) is 23.7 Å². The van der Waals surface area contributed by atoms with Crippen molar-refractivity contribution in [2.75, 3.05) is 47.4 Å². The summed E-state index contributed by atoms with van der Waals surface area (Å²) in [7, 11) is 0. The van der Waals surface area contributed by atoms with Crippen LogP contribution in [0.2, 0.25) is 0 Å². The molecule has 4 saturated heterocycles. The van der Waals surface area contributed by atoms with Crippen molar-refractivity contribution in [1.82, 2.24) is 124 Å². The van der Waals surface area contributed by atoms with Crippen LogP contribution in [0.5, 0.6) is 0 Å². The Morgan fingerprint density at radius 3 is 1.08 bits per heavy atom. The van der Waals surface area contributed by atoms with Gasteiger partial charge in [-0.1, -0.05) is 6.07 Å². The topological polar surface area (TPSA) is 368 Å². The van der Waals surface area contributed by atoms with E-state index in [4.69, 9.17) is 0 Å². The molecule has 115 heavy (non-hydrogen) atoms. The number of piperidine rings is 4. The van der Waals surface area contributed by atoms with Gasteiger partial charge in [0.25, 0.3) is 23.6 Å². The summed E-state index contributed by atoms with van der Waals surface area (Å²) in [6, 6.07) is 16.8. The van der Waals surface area contributed by atoms with Crippen molar-refractivity contribution in [1.29, 1.82) is 0 Å². The number of anilines is 4. The Labute approximate surface area is 656 Å². The average molecular weight is 1560 g/mol. The number of halogens is 3. The van der Waals surface area contributed by atoms with Crippen LogP contribution in [0.25, 0.3) is 22.9 Å². The number of hydrogen-bond acceptors (Lipinski definition) is 25. The maximum atomic E-state index is 14.5. The van der Waals surface area contributed by atoms with Gasteiger partial charge in [-0.25, -0.2) is 58.0 Å². The summed E-state index contributed by atoms with van der Waals surface area (Å²) in [5.74, 6) is 2.47. The number of aromatic nitrogens is 21. The normalized spacial score (nSPS) is 22.9. The van der Waals surface area contributed by atoms with Crippen molar-refractivity contribution >= 4 is 47.4 Å².